The molecule has 0 aliphatic carbocycles. The van der Waals surface area contributed by atoms with E-state index >= 15 is 0 Å². The first kappa shape index (κ1) is 13.1. The first-order chi connectivity index (χ1) is 8.40. The molecule has 0 spiro atoms. The number of anilines is 1. The van der Waals surface area contributed by atoms with Crippen LogP contribution in [0.2, 0.25) is 0 Å². The summed E-state index contributed by atoms with van der Waals surface area (Å²) >= 11 is 0. The zero-order chi connectivity index (χ0) is 13.3. The minimum atomic E-state index is -2.83. The van der Waals surface area contributed by atoms with Gasteiger partial charge in [-0.3, -0.25) is 13.9 Å². The lowest BCUT2D eigenvalue weighted by molar-refractivity contribution is -0.116. The molecule has 6 heteroatoms. The van der Waals surface area contributed by atoms with E-state index < -0.39 is 10.6 Å². The summed E-state index contributed by atoms with van der Waals surface area (Å²) in [4.78, 5) is 13.9. The summed E-state index contributed by atoms with van der Waals surface area (Å²) in [7, 11) is 0.793. The van der Waals surface area contributed by atoms with Gasteiger partial charge < -0.3 is 10.2 Å². The average molecular weight is 268 g/mol. The number of nitrogens with one attached hydrogen (secondary N) is 1. The van der Waals surface area contributed by atoms with E-state index in [1.807, 2.05) is 14.1 Å². The van der Waals surface area contributed by atoms with Crippen LogP contribution in [0.15, 0.2) is 28.5 Å². The third kappa shape index (κ3) is 2.56. The van der Waals surface area contributed by atoms with E-state index in [0.29, 0.717) is 16.1 Å². The first-order valence-electron chi connectivity index (χ1n) is 5.44. The summed E-state index contributed by atoms with van der Waals surface area (Å²) in [6.07, 6.45) is 1.63. The van der Waals surface area contributed by atoms with Crippen LogP contribution < -0.4 is 5.32 Å². The van der Waals surface area contributed by atoms with Crippen molar-refractivity contribution < 1.29 is 13.9 Å². The Kier molecular flexibility index (Phi) is 3.45. The van der Waals surface area contributed by atoms with Crippen LogP contribution >= 0.6 is 10.6 Å². The number of amides is 1. The normalized spacial score (nSPS) is 17.6. The van der Waals surface area contributed by atoms with Gasteiger partial charge in [0.1, 0.15) is 0 Å². The fraction of sp³-hybridized carbons (Fsp3) is 0.250. The van der Waals surface area contributed by atoms with Crippen LogP contribution in [0.1, 0.15) is 5.56 Å². The number of carbonyl (C=O) groups is 1. The van der Waals surface area contributed by atoms with E-state index in [4.69, 9.17) is 0 Å². The largest absolute Gasteiger partial charge is 0.324 e. The minimum absolute atomic E-state index is 0.134. The van der Waals surface area contributed by atoms with Crippen LogP contribution in [0.25, 0.3) is 6.08 Å². The van der Waals surface area contributed by atoms with Crippen molar-refractivity contribution in [3.8, 4) is 0 Å². The van der Waals surface area contributed by atoms with Crippen LogP contribution in [0.3, 0.4) is 0 Å². The summed E-state index contributed by atoms with van der Waals surface area (Å²) in [5, 5.41) is 4.14. The topological polar surface area (TPSA) is 72.8 Å². The van der Waals surface area contributed by atoms with Crippen molar-refractivity contribution in [2.75, 3.05) is 26.0 Å². The number of nitrogens with zero attached hydrogens (tertiary/aromatic N) is 1. The number of benzene rings is 1. The molecule has 5 nitrogen and oxygen atoms in total. The number of rotatable bonds is 3. The molecule has 0 radical (unpaired) electrons. The van der Waals surface area contributed by atoms with Crippen molar-refractivity contribution in [3.63, 3.8) is 0 Å². The minimum Gasteiger partial charge on any atom is -0.324 e. The predicted molar refractivity (Wildman–Crippen MR) is 73.8 cm³/mol. The van der Waals surface area contributed by atoms with Crippen LogP contribution in [0.4, 0.5) is 5.69 Å². The first-order valence-corrected chi connectivity index (χ1v) is 7.05. The smallest absolute Gasteiger partial charge is 0.238 e. The van der Waals surface area contributed by atoms with Crippen LogP contribution in [-0.2, 0) is 4.79 Å². The second-order valence-corrected chi connectivity index (χ2v) is 6.30. The second kappa shape index (κ2) is 4.74. The summed E-state index contributed by atoms with van der Waals surface area (Å²) in [5.41, 5.74) is 1.28. The van der Waals surface area contributed by atoms with Gasteiger partial charge in [-0.25, -0.2) is 0 Å². The van der Waals surface area contributed by atoms with Gasteiger partial charge in [-0.1, -0.05) is 6.07 Å². The number of hydrogen-bond acceptors (Lipinski definition) is 4. The molecular formula is C12H16N2O3S. The van der Waals surface area contributed by atoms with Gasteiger partial charge in [0.05, 0.1) is 11.4 Å². The summed E-state index contributed by atoms with van der Waals surface area (Å²) < 4.78 is 19.6. The Balaban J connectivity index is 2.24. The molecule has 0 aromatic heterocycles. The maximum Gasteiger partial charge on any atom is 0.238 e. The van der Waals surface area contributed by atoms with E-state index in [9.17, 15) is 13.9 Å². The van der Waals surface area contributed by atoms with Gasteiger partial charge >= 0.3 is 0 Å². The average Bonchev–Trinajstić information content (AvgIpc) is 2.55. The Bertz CT molecular complexity index is 512. The fourth-order valence-electron chi connectivity index (χ4n) is 1.80. The van der Waals surface area contributed by atoms with Crippen molar-refractivity contribution in [1.29, 1.82) is 0 Å². The standard InChI is InChI=1S/C12H16N2O3S/c1-14(2)8-12(15)13-10-4-3-5-11-9(10)6-7-18(11,16)17/h3-7,16-17H,8H2,1-2H3,(H,13,15). The highest BCUT2D eigenvalue weighted by molar-refractivity contribution is 8.27. The molecule has 18 heavy (non-hydrogen) atoms. The van der Waals surface area contributed by atoms with E-state index in [2.05, 4.69) is 5.32 Å². The fourth-order valence-corrected chi connectivity index (χ4v) is 3.05. The van der Waals surface area contributed by atoms with Crippen molar-refractivity contribution in [1.82, 2.24) is 4.90 Å². The highest BCUT2D eigenvalue weighted by Gasteiger charge is 2.23. The summed E-state index contributed by atoms with van der Waals surface area (Å²) in [6.45, 7) is 0.281. The van der Waals surface area contributed by atoms with Gasteiger partial charge in [-0.2, -0.15) is 0 Å². The SMILES string of the molecule is CN(C)CC(=O)Nc1cccc2c1C=CS2(O)O. The quantitative estimate of drug-likeness (QED) is 0.786. The molecule has 0 bridgehead atoms. The number of hydrogen-bond donors (Lipinski definition) is 3. The van der Waals surface area contributed by atoms with Gasteiger partial charge in [0, 0.05) is 16.7 Å². The number of carbonyl (C=O) groups excluding carboxylic acids is 1. The molecule has 1 aromatic rings. The van der Waals surface area contributed by atoms with E-state index in [1.165, 1.54) is 5.41 Å². The number of likely N-dealkylation sites (N-methyl/N-ethyl adjacent to an activating group) is 1. The molecule has 0 unspecified atom stereocenters. The molecule has 1 heterocycles. The maximum absolute atomic E-state index is 11.7. The molecule has 1 amide bonds. The lowest BCUT2D eigenvalue weighted by Crippen LogP contribution is -2.27. The molecule has 0 saturated heterocycles. The molecule has 1 aliphatic rings. The van der Waals surface area contributed by atoms with Crippen molar-refractivity contribution in [3.05, 3.63) is 29.2 Å². The van der Waals surface area contributed by atoms with Crippen molar-refractivity contribution in [2.45, 2.75) is 4.90 Å². The molecular weight excluding hydrogens is 252 g/mol. The lowest BCUT2D eigenvalue weighted by Gasteiger charge is -2.25. The van der Waals surface area contributed by atoms with Crippen LogP contribution in [-0.4, -0.2) is 40.6 Å². The Labute approximate surface area is 107 Å². The third-order valence-electron chi connectivity index (χ3n) is 2.55. The Morgan fingerprint density at radius 2 is 2.11 bits per heavy atom. The summed E-state index contributed by atoms with van der Waals surface area (Å²) in [6, 6.07) is 5.11. The maximum atomic E-state index is 11.7. The van der Waals surface area contributed by atoms with Gasteiger partial charge in [-0.15, -0.1) is 10.6 Å². The molecule has 1 aromatic carbocycles. The van der Waals surface area contributed by atoms with Crippen LogP contribution in [0, 0.1) is 0 Å². The predicted octanol–water partition coefficient (Wildman–Crippen LogP) is 2.28. The zero-order valence-corrected chi connectivity index (χ0v) is 11.1. The monoisotopic (exact) mass is 268 g/mol. The van der Waals surface area contributed by atoms with E-state index in [1.54, 1.807) is 29.2 Å². The highest BCUT2D eigenvalue weighted by atomic mass is 32.3. The van der Waals surface area contributed by atoms with Crippen molar-refractivity contribution >= 4 is 28.3 Å². The lowest BCUT2D eigenvalue weighted by atomic mass is 10.2. The molecule has 3 N–H and O–H groups in total. The molecule has 98 valence electrons. The zero-order valence-electron chi connectivity index (χ0n) is 10.3. The van der Waals surface area contributed by atoms with Gasteiger partial charge in [0.15, 0.2) is 0 Å². The molecule has 0 saturated carbocycles. The molecule has 0 atom stereocenters. The molecule has 2 rings (SSSR count). The highest BCUT2D eigenvalue weighted by Crippen LogP contribution is 2.57. The van der Waals surface area contributed by atoms with Crippen molar-refractivity contribution in [2.24, 2.45) is 0 Å². The Hall–Kier alpha value is -1.34. The number of fused-ring (bicyclic) bond motifs is 1. The van der Waals surface area contributed by atoms with Gasteiger partial charge in [0.25, 0.3) is 0 Å². The molecule has 1 aliphatic heterocycles. The Morgan fingerprint density at radius 3 is 2.78 bits per heavy atom. The summed E-state index contributed by atoms with van der Waals surface area (Å²) in [5.74, 6) is -0.134. The van der Waals surface area contributed by atoms with E-state index in [0.717, 1.165) is 0 Å². The molecule has 0 fully saturated rings. The van der Waals surface area contributed by atoms with Crippen LogP contribution in [0.5, 0.6) is 0 Å². The van der Waals surface area contributed by atoms with Gasteiger partial charge in [0.2, 0.25) is 5.91 Å². The van der Waals surface area contributed by atoms with E-state index in [-0.39, 0.29) is 12.5 Å². The Morgan fingerprint density at radius 1 is 1.39 bits per heavy atom. The van der Waals surface area contributed by atoms with Gasteiger partial charge in [-0.05, 0) is 32.3 Å². The third-order valence-corrected chi connectivity index (χ3v) is 4.07. The second-order valence-electron chi connectivity index (χ2n) is 4.40.